The van der Waals surface area contributed by atoms with Crippen LogP contribution in [-0.2, 0) is 29.5 Å². The average Bonchev–Trinajstić information content (AvgIpc) is 3.72. The molecule has 4 saturated carbocycles. The van der Waals surface area contributed by atoms with Gasteiger partial charge in [0.15, 0.2) is 22.5 Å². The Bertz CT molecular complexity index is 2240. The molecule has 5 aliphatic rings. The van der Waals surface area contributed by atoms with Gasteiger partial charge >= 0.3 is 5.97 Å². The van der Waals surface area contributed by atoms with Crippen LogP contribution in [0, 0.1) is 64.2 Å². The number of carbonyl (C=O) groups is 1. The summed E-state index contributed by atoms with van der Waals surface area (Å²) in [5.41, 5.74) is 6.77. The fraction of sp³-hybridized carbons (Fsp3) is 0.478. The normalized spacial score (nSPS) is 24.9. The van der Waals surface area contributed by atoms with Crippen LogP contribution in [0.25, 0.3) is 21.3 Å². The Kier molecular flexibility index (Phi) is 13.8. The van der Waals surface area contributed by atoms with Gasteiger partial charge in [0, 0.05) is 64.1 Å². The first-order valence-corrected chi connectivity index (χ1v) is 20.9. The number of fused-ring (bicyclic) bond motifs is 2. The average molecular weight is 864 g/mol. The van der Waals surface area contributed by atoms with Gasteiger partial charge in [0.2, 0.25) is 0 Å². The third-order valence-electron chi connectivity index (χ3n) is 12.8. The monoisotopic (exact) mass is 862 g/mol. The number of aromatic nitrogens is 6. The molecule has 11 nitrogen and oxygen atoms in total. The summed E-state index contributed by atoms with van der Waals surface area (Å²) in [7, 11) is 0. The molecule has 13 heteroatoms. The molecule has 4 bridgehead atoms. The first kappa shape index (κ1) is 46.1. The standard InChI is InChI=1S/C41H47N8O2S.C3H7O.2CH3.Ni/c1-6-15-40-19-38(4)18-39(5,20-40)22-41(21-38,23-40)24-49-26(3)29(17-42-49)28-13-14-32(44-33(28)36(50)51)48-16-9-10-27-25(2)34(46-47-35(27)48)45-37-43-30-11-7-8-12-31(30)52-37;1-2-3-4;;;/h7-8,11-14,17H,1,6,9-10,15-16,18-24H2,2-5H3,(H,50,51)(H,43,45,46);4H,1-3H2;2*1H3;/q4*-1;. The molecule has 5 heterocycles. The minimum Gasteiger partial charge on any atom is -0.476 e. The second-order valence-corrected chi connectivity index (χ2v) is 18.9. The van der Waals surface area contributed by atoms with Crippen LogP contribution in [0.1, 0.15) is 105 Å². The maximum absolute atomic E-state index is 12.8. The Hall–Kier alpha value is -3.93. The van der Waals surface area contributed by atoms with E-state index in [2.05, 4.69) is 67.8 Å². The molecule has 3 N–H and O–H groups in total. The van der Waals surface area contributed by atoms with Crippen molar-refractivity contribution in [2.45, 2.75) is 105 Å². The number of benzene rings is 1. The molecule has 4 aromatic heterocycles. The van der Waals surface area contributed by atoms with E-state index in [1.807, 2.05) is 41.4 Å². The molecule has 0 spiro atoms. The SMILES string of the molecule is [CH2-]CCC12CC3(C)CC(C)(C1)CC(Cn1ncc(-c4ccc(N5CCCc6c5nnc(Nc5nc7ccccc7s5)c6C)nc4C(=O)O)c1C)(C3)C2.[CH2-]CCO.[CH3-].[CH3-].[Ni]. The molecule has 0 radical (unpaired) electrons. The molecular formula is C46H60N8NiO3S-4. The van der Waals surface area contributed by atoms with Crippen molar-refractivity contribution in [2.24, 2.45) is 21.7 Å². The number of thiazole rings is 1. The van der Waals surface area contributed by atoms with Crippen LogP contribution in [-0.4, -0.2) is 59.3 Å². The van der Waals surface area contributed by atoms with Crippen molar-refractivity contribution in [1.82, 2.24) is 29.9 Å². The van der Waals surface area contributed by atoms with Crippen molar-refractivity contribution in [3.63, 3.8) is 0 Å². The van der Waals surface area contributed by atoms with Gasteiger partial charge < -0.3 is 49.1 Å². The third kappa shape index (κ3) is 8.67. The van der Waals surface area contributed by atoms with E-state index in [1.165, 1.54) is 44.9 Å². The van der Waals surface area contributed by atoms with Crippen LogP contribution in [0.15, 0.2) is 42.6 Å². The van der Waals surface area contributed by atoms with Gasteiger partial charge in [-0.3, -0.25) is 4.68 Å². The number of carboxylic acid groups (broad SMARTS) is 1. The van der Waals surface area contributed by atoms with Gasteiger partial charge in [-0.25, -0.2) is 14.8 Å². The van der Waals surface area contributed by atoms with Gasteiger partial charge in [-0.05, 0) is 111 Å². The number of pyridine rings is 1. The van der Waals surface area contributed by atoms with Crippen LogP contribution < -0.4 is 10.2 Å². The summed E-state index contributed by atoms with van der Waals surface area (Å²) in [6, 6.07) is 11.9. The van der Waals surface area contributed by atoms with Gasteiger partial charge in [-0.1, -0.05) is 43.7 Å². The van der Waals surface area contributed by atoms with Gasteiger partial charge in [0.25, 0.3) is 0 Å². The molecule has 1 aromatic carbocycles. The van der Waals surface area contributed by atoms with E-state index in [1.54, 1.807) is 11.3 Å². The Morgan fingerprint density at radius 2 is 1.61 bits per heavy atom. The fourth-order valence-corrected chi connectivity index (χ4v) is 13.0. The predicted octanol–water partition coefficient (Wildman–Crippen LogP) is 10.6. The number of nitrogens with zero attached hydrogens (tertiary/aromatic N) is 7. The summed E-state index contributed by atoms with van der Waals surface area (Å²) in [5.74, 6) is 0.888. The van der Waals surface area contributed by atoms with Crippen LogP contribution in [0.3, 0.4) is 0 Å². The van der Waals surface area contributed by atoms with E-state index in [-0.39, 0.29) is 49.1 Å². The van der Waals surface area contributed by atoms with Crippen molar-refractivity contribution in [1.29, 1.82) is 0 Å². The van der Waals surface area contributed by atoms with Crippen LogP contribution in [0.2, 0.25) is 0 Å². The molecule has 2 unspecified atom stereocenters. The smallest absolute Gasteiger partial charge is 0.355 e. The zero-order valence-electron chi connectivity index (χ0n) is 35.5. The van der Waals surface area contributed by atoms with Crippen LogP contribution in [0.4, 0.5) is 22.6 Å². The van der Waals surface area contributed by atoms with Gasteiger partial charge in [-0.2, -0.15) is 17.9 Å². The largest absolute Gasteiger partial charge is 0.476 e. The number of hydrogen-bond donors (Lipinski definition) is 3. The zero-order chi connectivity index (χ0) is 39.5. The molecule has 322 valence electrons. The molecule has 10 rings (SSSR count). The fourth-order valence-electron chi connectivity index (χ4n) is 12.1. The van der Waals surface area contributed by atoms with Crippen LogP contribution >= 0.6 is 11.3 Å². The Labute approximate surface area is 364 Å². The first-order valence-electron chi connectivity index (χ1n) is 20.0. The number of anilines is 4. The van der Waals surface area contributed by atoms with E-state index in [4.69, 9.17) is 20.2 Å². The van der Waals surface area contributed by atoms with E-state index >= 15 is 0 Å². The number of aliphatic hydroxyl groups is 1. The molecule has 59 heavy (non-hydrogen) atoms. The summed E-state index contributed by atoms with van der Waals surface area (Å²) >= 11 is 1.58. The van der Waals surface area contributed by atoms with Crippen molar-refractivity contribution < 1.29 is 31.5 Å². The third-order valence-corrected chi connectivity index (χ3v) is 13.8. The molecule has 0 saturated heterocycles. The van der Waals surface area contributed by atoms with E-state index in [0.717, 1.165) is 63.5 Å². The summed E-state index contributed by atoms with van der Waals surface area (Å²) in [6.45, 7) is 18.6. The summed E-state index contributed by atoms with van der Waals surface area (Å²) in [4.78, 5) is 24.3. The van der Waals surface area contributed by atoms with Gasteiger partial charge in [0.1, 0.15) is 5.82 Å². The molecule has 4 fully saturated rings. The predicted molar refractivity (Wildman–Crippen MR) is 235 cm³/mol. The van der Waals surface area contributed by atoms with Crippen molar-refractivity contribution in [2.75, 3.05) is 23.4 Å². The van der Waals surface area contributed by atoms with E-state index < -0.39 is 5.97 Å². The molecular weight excluding hydrogens is 803 g/mol. The Morgan fingerprint density at radius 3 is 2.27 bits per heavy atom. The number of nitrogens with one attached hydrogen (secondary N) is 1. The van der Waals surface area contributed by atoms with Crippen molar-refractivity contribution in [3.05, 3.63) is 93.8 Å². The molecule has 4 aliphatic carbocycles. The van der Waals surface area contributed by atoms with Crippen LogP contribution in [0.5, 0.6) is 0 Å². The Morgan fingerprint density at radius 1 is 0.915 bits per heavy atom. The maximum atomic E-state index is 12.8. The molecule has 2 atom stereocenters. The van der Waals surface area contributed by atoms with E-state index in [0.29, 0.717) is 52.2 Å². The second kappa shape index (κ2) is 17.6. The maximum Gasteiger partial charge on any atom is 0.355 e. The zero-order valence-corrected chi connectivity index (χ0v) is 37.3. The topological polar surface area (TPSA) is 142 Å². The number of rotatable bonds is 10. The molecule has 5 aromatic rings. The van der Waals surface area contributed by atoms with Crippen molar-refractivity contribution in [3.8, 4) is 11.1 Å². The summed E-state index contributed by atoms with van der Waals surface area (Å²) < 4.78 is 3.27. The number of hydrogen-bond acceptors (Lipinski definition) is 10. The number of aliphatic hydroxyl groups excluding tert-OH is 1. The number of aromatic carboxylic acids is 1. The molecule has 0 amide bonds. The summed E-state index contributed by atoms with van der Waals surface area (Å²) in [5, 5.41) is 36.6. The minimum atomic E-state index is -1.06. The quantitative estimate of drug-likeness (QED) is 0.0917. The van der Waals surface area contributed by atoms with Crippen molar-refractivity contribution >= 4 is 50.1 Å². The second-order valence-electron chi connectivity index (χ2n) is 17.9. The summed E-state index contributed by atoms with van der Waals surface area (Å²) in [6.07, 6.45) is 14.1. The molecule has 1 aliphatic heterocycles. The number of carboxylic acids is 1. The Balaban J connectivity index is 0.000000906. The first-order chi connectivity index (χ1) is 26.8. The number of para-hydroxylation sites is 1. The minimum absolute atomic E-state index is 0. The van der Waals surface area contributed by atoms with Gasteiger partial charge in [-0.15, -0.1) is 10.2 Å². The van der Waals surface area contributed by atoms with E-state index in [9.17, 15) is 9.90 Å². The van der Waals surface area contributed by atoms with Gasteiger partial charge in [0.05, 0.1) is 16.4 Å².